The highest BCUT2D eigenvalue weighted by molar-refractivity contribution is 6.30. The Kier molecular flexibility index (Phi) is 3.21. The molecule has 1 aromatic rings. The number of aliphatic carboxylic acids is 1. The summed E-state index contributed by atoms with van der Waals surface area (Å²) < 4.78 is 0. The summed E-state index contributed by atoms with van der Waals surface area (Å²) in [6.07, 6.45) is 2.28. The molecule has 3 rings (SSSR count). The third kappa shape index (κ3) is 1.99. The van der Waals surface area contributed by atoms with Gasteiger partial charge in [-0.1, -0.05) is 11.6 Å². The summed E-state index contributed by atoms with van der Waals surface area (Å²) in [6, 6.07) is 5.12. The van der Waals surface area contributed by atoms with E-state index in [9.17, 15) is 14.7 Å². The molecule has 0 aromatic heterocycles. The molecule has 2 aliphatic heterocycles. The minimum absolute atomic E-state index is 0.0598. The van der Waals surface area contributed by atoms with E-state index < -0.39 is 11.9 Å². The van der Waals surface area contributed by atoms with Gasteiger partial charge in [0.2, 0.25) is 0 Å². The van der Waals surface area contributed by atoms with Gasteiger partial charge in [-0.2, -0.15) is 0 Å². The van der Waals surface area contributed by atoms with Crippen LogP contribution in [0, 0.1) is 12.8 Å². The van der Waals surface area contributed by atoms with Gasteiger partial charge < -0.3 is 10.0 Å². The number of aryl methyl sites for hydroxylation is 1. The molecule has 2 saturated heterocycles. The second kappa shape index (κ2) is 4.77. The molecular weight excluding hydrogens is 278 g/mol. The van der Waals surface area contributed by atoms with Crippen LogP contribution in [0.15, 0.2) is 18.2 Å². The summed E-state index contributed by atoms with van der Waals surface area (Å²) in [5.41, 5.74) is 1.46. The number of carboxylic acids is 1. The Morgan fingerprint density at radius 2 is 2.10 bits per heavy atom. The highest BCUT2D eigenvalue weighted by Crippen LogP contribution is 2.42. The minimum Gasteiger partial charge on any atom is -0.481 e. The molecule has 2 heterocycles. The van der Waals surface area contributed by atoms with Crippen molar-refractivity contribution in [3.05, 3.63) is 34.3 Å². The van der Waals surface area contributed by atoms with Crippen molar-refractivity contribution in [1.82, 2.24) is 4.90 Å². The Hall–Kier alpha value is -1.55. The topological polar surface area (TPSA) is 57.6 Å². The van der Waals surface area contributed by atoms with Crippen molar-refractivity contribution in [2.24, 2.45) is 5.92 Å². The maximum atomic E-state index is 12.7. The Labute approximate surface area is 122 Å². The first kappa shape index (κ1) is 13.4. The van der Waals surface area contributed by atoms with Gasteiger partial charge in [0.25, 0.3) is 5.91 Å². The average Bonchev–Trinajstić information content (AvgIpc) is 2.95. The molecule has 0 saturated carbocycles. The van der Waals surface area contributed by atoms with Crippen LogP contribution in [-0.2, 0) is 4.79 Å². The summed E-state index contributed by atoms with van der Waals surface area (Å²) in [5.74, 6) is -1.26. The van der Waals surface area contributed by atoms with Crippen LogP contribution < -0.4 is 0 Å². The fourth-order valence-corrected chi connectivity index (χ4v) is 3.80. The van der Waals surface area contributed by atoms with Crippen molar-refractivity contribution in [1.29, 1.82) is 0 Å². The zero-order valence-corrected chi connectivity index (χ0v) is 11.9. The molecule has 1 amide bonds. The first-order valence-corrected chi connectivity index (χ1v) is 7.18. The van der Waals surface area contributed by atoms with Gasteiger partial charge in [-0.05, 0) is 49.9 Å². The van der Waals surface area contributed by atoms with E-state index in [4.69, 9.17) is 11.6 Å². The van der Waals surface area contributed by atoms with Crippen LogP contribution in [0.1, 0.15) is 35.2 Å². The number of hydrogen-bond donors (Lipinski definition) is 1. The Balaban J connectivity index is 1.90. The van der Waals surface area contributed by atoms with Crippen molar-refractivity contribution in [2.75, 3.05) is 0 Å². The van der Waals surface area contributed by atoms with E-state index in [2.05, 4.69) is 0 Å². The summed E-state index contributed by atoms with van der Waals surface area (Å²) in [5, 5.41) is 9.84. The average molecular weight is 294 g/mol. The first-order valence-electron chi connectivity index (χ1n) is 6.80. The van der Waals surface area contributed by atoms with E-state index >= 15 is 0 Å². The second-order valence-electron chi connectivity index (χ2n) is 5.65. The summed E-state index contributed by atoms with van der Waals surface area (Å²) in [4.78, 5) is 25.7. The van der Waals surface area contributed by atoms with Crippen molar-refractivity contribution in [3.8, 4) is 0 Å². The van der Waals surface area contributed by atoms with E-state index in [0.717, 1.165) is 18.4 Å². The van der Waals surface area contributed by atoms with Crippen molar-refractivity contribution in [2.45, 2.75) is 38.3 Å². The lowest BCUT2D eigenvalue weighted by atomic mass is 9.89. The molecule has 0 aliphatic carbocycles. The number of carboxylic acid groups (broad SMARTS) is 1. The highest BCUT2D eigenvalue weighted by Gasteiger charge is 2.51. The van der Waals surface area contributed by atoms with E-state index in [-0.39, 0.29) is 18.0 Å². The molecule has 5 heteroatoms. The van der Waals surface area contributed by atoms with Crippen molar-refractivity contribution in [3.63, 3.8) is 0 Å². The molecule has 3 unspecified atom stereocenters. The van der Waals surface area contributed by atoms with Gasteiger partial charge in [0.1, 0.15) is 0 Å². The maximum Gasteiger partial charge on any atom is 0.308 e. The smallest absolute Gasteiger partial charge is 0.308 e. The number of rotatable bonds is 2. The molecule has 106 valence electrons. The lowest BCUT2D eigenvalue weighted by molar-refractivity contribution is -0.142. The number of carbonyl (C=O) groups excluding carboxylic acids is 1. The minimum atomic E-state index is -0.789. The fraction of sp³-hybridized carbons (Fsp3) is 0.467. The summed E-state index contributed by atoms with van der Waals surface area (Å²) >= 11 is 5.91. The van der Waals surface area contributed by atoms with Crippen LogP contribution in [0.5, 0.6) is 0 Å². The summed E-state index contributed by atoms with van der Waals surface area (Å²) in [6.45, 7) is 1.85. The number of benzene rings is 1. The molecule has 1 N–H and O–H groups in total. The predicted molar refractivity (Wildman–Crippen MR) is 74.9 cm³/mol. The Bertz CT molecular complexity index is 586. The second-order valence-corrected chi connectivity index (χ2v) is 6.09. The molecule has 20 heavy (non-hydrogen) atoms. The van der Waals surface area contributed by atoms with Gasteiger partial charge in [-0.15, -0.1) is 0 Å². The van der Waals surface area contributed by atoms with Gasteiger partial charge in [-0.3, -0.25) is 9.59 Å². The van der Waals surface area contributed by atoms with Gasteiger partial charge in [0.15, 0.2) is 0 Å². The lowest BCUT2D eigenvalue weighted by Gasteiger charge is -2.24. The summed E-state index contributed by atoms with van der Waals surface area (Å²) in [7, 11) is 0. The predicted octanol–water partition coefficient (Wildman–Crippen LogP) is 2.73. The molecule has 2 aliphatic rings. The maximum absolute atomic E-state index is 12.7. The third-order valence-corrected chi connectivity index (χ3v) is 4.74. The first-order chi connectivity index (χ1) is 9.49. The lowest BCUT2D eigenvalue weighted by Crippen LogP contribution is -2.38. The van der Waals surface area contributed by atoms with Crippen LogP contribution >= 0.6 is 11.6 Å². The van der Waals surface area contributed by atoms with Crippen molar-refractivity contribution >= 4 is 23.5 Å². The zero-order valence-electron chi connectivity index (χ0n) is 11.2. The largest absolute Gasteiger partial charge is 0.481 e. The monoisotopic (exact) mass is 293 g/mol. The van der Waals surface area contributed by atoms with Crippen LogP contribution in [0.2, 0.25) is 5.02 Å². The SMILES string of the molecule is Cc1cc(Cl)ccc1C(=O)N1C2CCC1C(C(=O)O)C2. The van der Waals surface area contributed by atoms with E-state index in [1.807, 2.05) is 6.92 Å². The van der Waals surface area contributed by atoms with E-state index in [1.165, 1.54) is 0 Å². The molecule has 1 aromatic carbocycles. The Morgan fingerprint density at radius 3 is 2.70 bits per heavy atom. The molecule has 2 bridgehead atoms. The van der Waals surface area contributed by atoms with Gasteiger partial charge >= 0.3 is 5.97 Å². The fourth-order valence-electron chi connectivity index (χ4n) is 3.58. The van der Waals surface area contributed by atoms with Crippen LogP contribution in [0.3, 0.4) is 0 Å². The van der Waals surface area contributed by atoms with Gasteiger partial charge in [0, 0.05) is 22.7 Å². The number of hydrogen-bond acceptors (Lipinski definition) is 2. The third-order valence-electron chi connectivity index (χ3n) is 4.51. The quantitative estimate of drug-likeness (QED) is 0.912. The normalized spacial score (nSPS) is 27.9. The van der Waals surface area contributed by atoms with E-state index in [1.54, 1.807) is 23.1 Å². The number of halogens is 1. The van der Waals surface area contributed by atoms with Crippen molar-refractivity contribution < 1.29 is 14.7 Å². The molecule has 3 atom stereocenters. The molecular formula is C15H16ClNO3. The molecule has 4 nitrogen and oxygen atoms in total. The molecule has 0 radical (unpaired) electrons. The zero-order chi connectivity index (χ0) is 14.4. The Morgan fingerprint density at radius 1 is 1.35 bits per heavy atom. The van der Waals surface area contributed by atoms with Crippen LogP contribution in [-0.4, -0.2) is 34.0 Å². The number of nitrogens with zero attached hydrogens (tertiary/aromatic N) is 1. The van der Waals surface area contributed by atoms with Gasteiger partial charge in [0.05, 0.1) is 5.92 Å². The number of fused-ring (bicyclic) bond motifs is 2. The number of carbonyl (C=O) groups is 2. The number of amides is 1. The van der Waals surface area contributed by atoms with E-state index in [0.29, 0.717) is 17.0 Å². The van der Waals surface area contributed by atoms with Crippen LogP contribution in [0.4, 0.5) is 0 Å². The van der Waals surface area contributed by atoms with Crippen LogP contribution in [0.25, 0.3) is 0 Å². The van der Waals surface area contributed by atoms with Gasteiger partial charge in [-0.25, -0.2) is 0 Å². The standard InChI is InChI=1S/C15H16ClNO3/c1-8-6-9(16)2-4-11(8)14(18)17-10-3-5-13(17)12(7-10)15(19)20/h2,4,6,10,12-13H,3,5,7H2,1H3,(H,19,20). The highest BCUT2D eigenvalue weighted by atomic mass is 35.5. The molecule has 0 spiro atoms. The molecule has 2 fully saturated rings.